The number of fused-ring (bicyclic) bond motifs is 12. The maximum atomic E-state index is 2.44. The van der Waals surface area contributed by atoms with Crippen LogP contribution in [0.25, 0.3) is 132 Å². The molecule has 1 aliphatic carbocycles. The van der Waals surface area contributed by atoms with E-state index in [-0.39, 0.29) is 0 Å². The molecule has 1 aliphatic rings. The van der Waals surface area contributed by atoms with Crippen molar-refractivity contribution in [2.75, 3.05) is 0 Å². The minimum Gasteiger partial charge on any atom is -0.309 e. The summed E-state index contributed by atoms with van der Waals surface area (Å²) >= 11 is 0. The summed E-state index contributed by atoms with van der Waals surface area (Å²) in [6, 6.07) is 81.0. The summed E-state index contributed by atoms with van der Waals surface area (Å²) in [6.45, 7) is 0. The summed E-state index contributed by atoms with van der Waals surface area (Å²) in [7, 11) is 0. The van der Waals surface area contributed by atoms with Crippen molar-refractivity contribution in [2.45, 2.75) is 0 Å². The van der Waals surface area contributed by atoms with E-state index in [0.29, 0.717) is 0 Å². The summed E-state index contributed by atoms with van der Waals surface area (Å²) in [4.78, 5) is 0. The Morgan fingerprint density at radius 1 is 0.242 bits per heavy atom. The Bertz CT molecular complexity index is 4040. The molecule has 2 heteroatoms. The van der Waals surface area contributed by atoms with Gasteiger partial charge in [0, 0.05) is 32.6 Å². The molecule has 2 nitrogen and oxygen atoms in total. The van der Waals surface area contributed by atoms with Crippen molar-refractivity contribution in [3.8, 4) is 55.9 Å². The number of hydrogen-bond acceptors (Lipinski definition) is 0. The van der Waals surface area contributed by atoms with Crippen molar-refractivity contribution in [1.82, 2.24) is 9.13 Å². The molecule has 2 aromatic heterocycles. The molecule has 11 aromatic carbocycles. The fourth-order valence-electron chi connectivity index (χ4n) is 10.9. The van der Waals surface area contributed by atoms with Gasteiger partial charge in [-0.2, -0.15) is 0 Å². The minimum absolute atomic E-state index is 1.15. The van der Waals surface area contributed by atoms with Gasteiger partial charge in [-0.05, 0) is 138 Å². The average Bonchev–Trinajstić information content (AvgIpc) is 3.97. The van der Waals surface area contributed by atoms with Gasteiger partial charge >= 0.3 is 0 Å². The number of nitrogens with zero attached hydrogens (tertiary/aromatic N) is 2. The molecule has 14 rings (SSSR count). The van der Waals surface area contributed by atoms with Crippen LogP contribution in [0.4, 0.5) is 0 Å². The van der Waals surface area contributed by atoms with Gasteiger partial charge in [-0.1, -0.05) is 152 Å². The highest BCUT2D eigenvalue weighted by atomic mass is 15.0. The molecule has 13 aromatic rings. The van der Waals surface area contributed by atoms with E-state index in [9.17, 15) is 0 Å². The Labute approximate surface area is 357 Å². The number of rotatable bonds is 4. The van der Waals surface area contributed by atoms with Crippen molar-refractivity contribution in [3.05, 3.63) is 218 Å². The van der Waals surface area contributed by atoms with Gasteiger partial charge in [-0.25, -0.2) is 0 Å². The predicted molar refractivity (Wildman–Crippen MR) is 263 cm³/mol. The molecule has 0 atom stereocenters. The Morgan fingerprint density at radius 2 is 0.790 bits per heavy atom. The first kappa shape index (κ1) is 33.6. The SMILES string of the molecule is c1cc(-c2ccc3c(c2)-c2cc4ccccc4c4cccc-3c24)cc(-n2c3ccccc3c3cc(-c4ccc5c(c4)c4ccccc4n5-c4cccc5ccccc45)ccc32)c1. The number of para-hydroxylation sites is 2. The van der Waals surface area contributed by atoms with Crippen LogP contribution in [0.5, 0.6) is 0 Å². The highest BCUT2D eigenvalue weighted by Gasteiger charge is 2.24. The van der Waals surface area contributed by atoms with Crippen molar-refractivity contribution >= 4 is 75.9 Å². The van der Waals surface area contributed by atoms with Gasteiger partial charge < -0.3 is 9.13 Å². The second-order valence-electron chi connectivity index (χ2n) is 16.9. The molecule has 0 fully saturated rings. The second kappa shape index (κ2) is 12.7. The van der Waals surface area contributed by atoms with E-state index >= 15 is 0 Å². The van der Waals surface area contributed by atoms with Crippen LogP contribution in [0.1, 0.15) is 0 Å². The van der Waals surface area contributed by atoms with Gasteiger partial charge in [0.1, 0.15) is 0 Å². The van der Waals surface area contributed by atoms with Crippen LogP contribution in [0.15, 0.2) is 218 Å². The predicted octanol–water partition coefficient (Wildman–Crippen LogP) is 16.3. The molecule has 62 heavy (non-hydrogen) atoms. The van der Waals surface area contributed by atoms with E-state index in [1.807, 2.05) is 0 Å². The van der Waals surface area contributed by atoms with E-state index in [0.717, 1.165) is 5.69 Å². The van der Waals surface area contributed by atoms with Crippen LogP contribution in [0.3, 0.4) is 0 Å². The molecule has 0 radical (unpaired) electrons. The summed E-state index contributed by atoms with van der Waals surface area (Å²) in [6.07, 6.45) is 0. The Kier molecular flexibility index (Phi) is 6.86. The highest BCUT2D eigenvalue weighted by molar-refractivity contribution is 6.24. The Hall–Kier alpha value is -8.20. The summed E-state index contributed by atoms with van der Waals surface area (Å²) in [5.74, 6) is 0. The third kappa shape index (κ3) is 4.69. The molecular weight excluding hydrogens is 749 g/mol. The summed E-state index contributed by atoms with van der Waals surface area (Å²) in [5.41, 5.74) is 17.3. The van der Waals surface area contributed by atoms with Gasteiger partial charge in [0.25, 0.3) is 0 Å². The fourth-order valence-corrected chi connectivity index (χ4v) is 10.9. The number of hydrogen-bond donors (Lipinski definition) is 0. The van der Waals surface area contributed by atoms with E-state index in [1.165, 1.54) is 126 Å². The lowest BCUT2D eigenvalue weighted by atomic mass is 9.95. The van der Waals surface area contributed by atoms with Gasteiger partial charge in [0.15, 0.2) is 0 Å². The molecule has 0 bridgehead atoms. The zero-order valence-electron chi connectivity index (χ0n) is 33.7. The second-order valence-corrected chi connectivity index (χ2v) is 16.9. The van der Waals surface area contributed by atoms with E-state index in [4.69, 9.17) is 0 Å². The molecule has 286 valence electrons. The first-order chi connectivity index (χ1) is 30.7. The van der Waals surface area contributed by atoms with Crippen LogP contribution in [0, 0.1) is 0 Å². The van der Waals surface area contributed by atoms with E-state index in [2.05, 4.69) is 228 Å². The number of aromatic nitrogens is 2. The monoisotopic (exact) mass is 784 g/mol. The Morgan fingerprint density at radius 3 is 1.58 bits per heavy atom. The molecule has 2 heterocycles. The molecule has 0 unspecified atom stereocenters. The fraction of sp³-hybridized carbons (Fsp3) is 0. The first-order valence-electron chi connectivity index (χ1n) is 21.5. The molecule has 0 saturated carbocycles. The summed E-state index contributed by atoms with van der Waals surface area (Å²) < 4.78 is 4.88. The highest BCUT2D eigenvalue weighted by Crippen LogP contribution is 2.50. The lowest BCUT2D eigenvalue weighted by Crippen LogP contribution is -1.95. The molecular formula is C60H36N2. The topological polar surface area (TPSA) is 9.86 Å². The molecule has 0 saturated heterocycles. The normalized spacial score (nSPS) is 12.2. The van der Waals surface area contributed by atoms with Crippen LogP contribution >= 0.6 is 0 Å². The quantitative estimate of drug-likeness (QED) is 0.157. The maximum Gasteiger partial charge on any atom is 0.0541 e. The standard InChI is InChI=1S/C60H36N2/c1-4-18-45-37(12-1)14-10-25-55(45)62-57-24-8-6-20-48(57)53-35-41(28-31-59(53)62)40-27-30-58-52(34-40)47-19-5-7-23-56(47)61(58)43-16-9-15-38(32-43)39-26-29-46-50-22-11-21-49-44-17-3-2-13-42(44)36-54(60(49)50)51(46)33-39/h1-36H. The van der Waals surface area contributed by atoms with Crippen LogP contribution < -0.4 is 0 Å². The zero-order chi connectivity index (χ0) is 40.5. The van der Waals surface area contributed by atoms with Crippen molar-refractivity contribution in [2.24, 2.45) is 0 Å². The zero-order valence-corrected chi connectivity index (χ0v) is 33.7. The van der Waals surface area contributed by atoms with E-state index < -0.39 is 0 Å². The van der Waals surface area contributed by atoms with Crippen LogP contribution in [-0.4, -0.2) is 9.13 Å². The lowest BCUT2D eigenvalue weighted by molar-refractivity contribution is 1.18. The summed E-state index contributed by atoms with van der Waals surface area (Å²) in [5, 5.41) is 12.8. The third-order valence-corrected chi connectivity index (χ3v) is 13.6. The molecule has 0 spiro atoms. The third-order valence-electron chi connectivity index (χ3n) is 13.6. The molecule has 0 N–H and O–H groups in total. The first-order valence-corrected chi connectivity index (χ1v) is 21.5. The van der Waals surface area contributed by atoms with Crippen molar-refractivity contribution < 1.29 is 0 Å². The molecule has 0 amide bonds. The van der Waals surface area contributed by atoms with Gasteiger partial charge in [0.2, 0.25) is 0 Å². The van der Waals surface area contributed by atoms with Crippen LogP contribution in [0.2, 0.25) is 0 Å². The molecule has 0 aliphatic heterocycles. The van der Waals surface area contributed by atoms with Crippen LogP contribution in [-0.2, 0) is 0 Å². The van der Waals surface area contributed by atoms with Gasteiger partial charge in [-0.15, -0.1) is 0 Å². The Balaban J connectivity index is 0.891. The van der Waals surface area contributed by atoms with E-state index in [1.54, 1.807) is 0 Å². The average molecular weight is 785 g/mol. The largest absolute Gasteiger partial charge is 0.309 e. The minimum atomic E-state index is 1.15. The lowest BCUT2D eigenvalue weighted by Gasteiger charge is -2.12. The number of benzene rings is 11. The van der Waals surface area contributed by atoms with Gasteiger partial charge in [-0.3, -0.25) is 0 Å². The van der Waals surface area contributed by atoms with Gasteiger partial charge in [0.05, 0.1) is 27.8 Å². The van der Waals surface area contributed by atoms with Crippen molar-refractivity contribution in [1.29, 1.82) is 0 Å². The van der Waals surface area contributed by atoms with Crippen molar-refractivity contribution in [3.63, 3.8) is 0 Å². The maximum absolute atomic E-state index is 2.44. The smallest absolute Gasteiger partial charge is 0.0541 e.